The third-order valence-corrected chi connectivity index (χ3v) is 8.84. The first-order valence-corrected chi connectivity index (χ1v) is 14.2. The maximum atomic E-state index is 13.2. The molecule has 1 aliphatic heterocycles. The van der Waals surface area contributed by atoms with Gasteiger partial charge < -0.3 is 10.2 Å². The van der Waals surface area contributed by atoms with E-state index in [4.69, 9.17) is 28.2 Å². The summed E-state index contributed by atoms with van der Waals surface area (Å²) in [4.78, 5) is 32.8. The van der Waals surface area contributed by atoms with E-state index in [9.17, 15) is 9.59 Å². The molecule has 2 heterocycles. The van der Waals surface area contributed by atoms with Crippen LogP contribution in [-0.4, -0.2) is 34.8 Å². The maximum absolute atomic E-state index is 13.2. The molecule has 5 nitrogen and oxygen atoms in total. The van der Waals surface area contributed by atoms with E-state index in [1.165, 1.54) is 0 Å². The molecule has 4 aromatic rings. The number of amides is 2. The minimum Gasteiger partial charge on any atom is -0.339 e. The van der Waals surface area contributed by atoms with Crippen molar-refractivity contribution in [1.29, 1.82) is 0 Å². The zero-order valence-electron chi connectivity index (χ0n) is 19.3. The second-order valence-corrected chi connectivity index (χ2v) is 11.6. The maximum Gasteiger partial charge on any atom is 0.256 e. The summed E-state index contributed by atoms with van der Waals surface area (Å²) in [6.07, 6.45) is 3.14. The van der Waals surface area contributed by atoms with E-state index in [-0.39, 0.29) is 11.8 Å². The van der Waals surface area contributed by atoms with Gasteiger partial charge in [0.05, 0.1) is 21.3 Å². The summed E-state index contributed by atoms with van der Waals surface area (Å²) in [5, 5.41) is 4.21. The standard InChI is InChI=1S/C27H23Cl2N3O2S2/c28-18-9-8-17(22(29)14-18)16-35-27-31-23-11-10-19(15-24(23)36-27)30-25(33)20-6-2-3-7-21(20)26(34)32-12-4-1-5-13-32/h2-3,6-11,14-15H,1,4-5,12-13,16H2,(H,30,33). The molecule has 1 saturated heterocycles. The number of thioether (sulfide) groups is 1. The average Bonchev–Trinajstić information content (AvgIpc) is 3.30. The summed E-state index contributed by atoms with van der Waals surface area (Å²) in [7, 11) is 0. The Morgan fingerprint density at radius 2 is 1.75 bits per heavy atom. The molecule has 2 amide bonds. The molecule has 0 spiro atoms. The minimum atomic E-state index is -0.299. The molecule has 0 saturated carbocycles. The number of anilines is 1. The van der Waals surface area contributed by atoms with Crippen molar-refractivity contribution in [3.8, 4) is 0 Å². The van der Waals surface area contributed by atoms with Crippen LogP contribution in [0.1, 0.15) is 45.5 Å². The summed E-state index contributed by atoms with van der Waals surface area (Å²) in [6.45, 7) is 1.48. The Hall–Kier alpha value is -2.58. The lowest BCUT2D eigenvalue weighted by Gasteiger charge is -2.27. The number of carbonyl (C=O) groups excluding carboxylic acids is 2. The van der Waals surface area contributed by atoms with Crippen LogP contribution >= 0.6 is 46.3 Å². The highest BCUT2D eigenvalue weighted by atomic mass is 35.5. The van der Waals surface area contributed by atoms with Crippen LogP contribution in [0, 0.1) is 0 Å². The van der Waals surface area contributed by atoms with Crippen molar-refractivity contribution in [1.82, 2.24) is 9.88 Å². The number of nitrogens with zero attached hydrogens (tertiary/aromatic N) is 2. The van der Waals surface area contributed by atoms with E-state index in [1.807, 2.05) is 35.2 Å². The lowest BCUT2D eigenvalue weighted by Crippen LogP contribution is -2.36. The van der Waals surface area contributed by atoms with E-state index in [0.717, 1.165) is 52.5 Å². The number of thiazole rings is 1. The fraction of sp³-hybridized carbons (Fsp3) is 0.222. The van der Waals surface area contributed by atoms with Crippen molar-refractivity contribution >= 4 is 74.0 Å². The summed E-state index contributed by atoms with van der Waals surface area (Å²) >= 11 is 15.4. The molecule has 0 atom stereocenters. The first kappa shape index (κ1) is 25.1. The van der Waals surface area contributed by atoms with Gasteiger partial charge in [0.2, 0.25) is 0 Å². The SMILES string of the molecule is O=C(Nc1ccc2nc(SCc3ccc(Cl)cc3Cl)sc2c1)c1ccccc1C(=O)N1CCCCC1. The molecule has 5 rings (SSSR count). The molecule has 184 valence electrons. The Morgan fingerprint density at radius 1 is 0.972 bits per heavy atom. The van der Waals surface area contributed by atoms with Gasteiger partial charge >= 0.3 is 0 Å². The minimum absolute atomic E-state index is 0.0826. The van der Waals surface area contributed by atoms with Crippen molar-refractivity contribution in [3.05, 3.63) is 87.4 Å². The molecule has 0 unspecified atom stereocenters. The van der Waals surface area contributed by atoms with Crippen LogP contribution < -0.4 is 5.32 Å². The number of piperidine rings is 1. The van der Waals surface area contributed by atoms with Crippen LogP contribution in [-0.2, 0) is 5.75 Å². The molecule has 1 N–H and O–H groups in total. The van der Waals surface area contributed by atoms with Crippen LogP contribution in [0.2, 0.25) is 10.0 Å². The molecule has 1 fully saturated rings. The Bertz CT molecular complexity index is 1430. The van der Waals surface area contributed by atoms with Gasteiger partial charge in [-0.05, 0) is 67.3 Å². The highest BCUT2D eigenvalue weighted by Crippen LogP contribution is 2.34. The smallest absolute Gasteiger partial charge is 0.256 e. The van der Waals surface area contributed by atoms with Crippen LogP contribution in [0.4, 0.5) is 5.69 Å². The zero-order valence-corrected chi connectivity index (χ0v) is 22.4. The largest absolute Gasteiger partial charge is 0.339 e. The highest BCUT2D eigenvalue weighted by molar-refractivity contribution is 8.00. The molecule has 0 radical (unpaired) electrons. The van der Waals surface area contributed by atoms with Gasteiger partial charge in [0.15, 0.2) is 4.34 Å². The third-order valence-electron chi connectivity index (χ3n) is 6.04. The number of fused-ring (bicyclic) bond motifs is 1. The number of carbonyl (C=O) groups is 2. The van der Waals surface area contributed by atoms with E-state index >= 15 is 0 Å². The molecule has 1 aromatic heterocycles. The number of rotatable bonds is 6. The summed E-state index contributed by atoms with van der Waals surface area (Å²) < 4.78 is 1.88. The molecule has 1 aliphatic rings. The first-order valence-electron chi connectivity index (χ1n) is 11.6. The number of benzene rings is 3. The number of halogens is 2. The first-order chi connectivity index (χ1) is 17.5. The number of hydrogen-bond donors (Lipinski definition) is 1. The second kappa shape index (κ2) is 11.2. The number of hydrogen-bond acceptors (Lipinski definition) is 5. The van der Waals surface area contributed by atoms with E-state index in [0.29, 0.717) is 32.6 Å². The van der Waals surface area contributed by atoms with Crippen LogP contribution in [0.15, 0.2) is 65.0 Å². The van der Waals surface area contributed by atoms with E-state index in [2.05, 4.69) is 5.32 Å². The lowest BCUT2D eigenvalue weighted by molar-refractivity contribution is 0.0720. The quantitative estimate of drug-likeness (QED) is 0.247. The number of aromatic nitrogens is 1. The molecule has 0 bridgehead atoms. The van der Waals surface area contributed by atoms with Gasteiger partial charge in [0.1, 0.15) is 0 Å². The van der Waals surface area contributed by atoms with Crippen LogP contribution in [0.25, 0.3) is 10.2 Å². The fourth-order valence-corrected chi connectivity index (χ4v) is 6.82. The van der Waals surface area contributed by atoms with Gasteiger partial charge in [-0.15, -0.1) is 11.3 Å². The predicted molar refractivity (Wildman–Crippen MR) is 150 cm³/mol. The molecule has 9 heteroatoms. The molecule has 3 aromatic carbocycles. The number of likely N-dealkylation sites (tertiary alicyclic amines) is 1. The monoisotopic (exact) mass is 555 g/mol. The Morgan fingerprint density at radius 3 is 2.53 bits per heavy atom. The number of nitrogens with one attached hydrogen (secondary N) is 1. The van der Waals surface area contributed by atoms with Crippen molar-refractivity contribution in [2.45, 2.75) is 29.4 Å². The summed E-state index contributed by atoms with van der Waals surface area (Å²) in [5.74, 6) is 0.300. The lowest BCUT2D eigenvalue weighted by atomic mass is 10.0. The van der Waals surface area contributed by atoms with Crippen molar-refractivity contribution in [2.75, 3.05) is 18.4 Å². The molecule has 0 aliphatic carbocycles. The van der Waals surface area contributed by atoms with Gasteiger partial charge in [0, 0.05) is 34.6 Å². The topological polar surface area (TPSA) is 62.3 Å². The van der Waals surface area contributed by atoms with Gasteiger partial charge in [-0.2, -0.15) is 0 Å². The zero-order chi connectivity index (χ0) is 25.1. The molecular formula is C27H23Cl2N3O2S2. The van der Waals surface area contributed by atoms with Crippen molar-refractivity contribution in [2.24, 2.45) is 0 Å². The normalized spacial score (nSPS) is 13.7. The molecule has 36 heavy (non-hydrogen) atoms. The van der Waals surface area contributed by atoms with Crippen molar-refractivity contribution < 1.29 is 9.59 Å². The van der Waals surface area contributed by atoms with Crippen LogP contribution in [0.5, 0.6) is 0 Å². The van der Waals surface area contributed by atoms with E-state index in [1.54, 1.807) is 53.4 Å². The Balaban J connectivity index is 1.30. The molecular weight excluding hydrogens is 533 g/mol. The highest BCUT2D eigenvalue weighted by Gasteiger charge is 2.23. The van der Waals surface area contributed by atoms with Gasteiger partial charge in [-0.3, -0.25) is 9.59 Å². The average molecular weight is 557 g/mol. The fourth-order valence-electron chi connectivity index (χ4n) is 4.15. The summed E-state index contributed by atoms with van der Waals surface area (Å²) in [5.41, 5.74) is 3.34. The Kier molecular flexibility index (Phi) is 7.82. The second-order valence-electron chi connectivity index (χ2n) is 8.54. The van der Waals surface area contributed by atoms with E-state index < -0.39 is 0 Å². The third kappa shape index (κ3) is 5.70. The summed E-state index contributed by atoms with van der Waals surface area (Å²) in [6, 6.07) is 18.2. The van der Waals surface area contributed by atoms with Gasteiger partial charge in [-0.25, -0.2) is 4.98 Å². The van der Waals surface area contributed by atoms with Crippen LogP contribution in [0.3, 0.4) is 0 Å². The van der Waals surface area contributed by atoms with Crippen molar-refractivity contribution in [3.63, 3.8) is 0 Å². The van der Waals surface area contributed by atoms with Gasteiger partial charge in [0.25, 0.3) is 11.8 Å². The van der Waals surface area contributed by atoms with Gasteiger partial charge in [-0.1, -0.05) is 53.2 Å². The predicted octanol–water partition coefficient (Wildman–Crippen LogP) is 7.77. The Labute approximate surface area is 227 Å².